The van der Waals surface area contributed by atoms with Crippen molar-refractivity contribution < 1.29 is 5.11 Å². The van der Waals surface area contributed by atoms with Crippen LogP contribution in [0.2, 0.25) is 0 Å². The molecule has 0 aromatic rings. The molecule has 0 aromatic heterocycles. The van der Waals surface area contributed by atoms with Gasteiger partial charge in [0.15, 0.2) is 0 Å². The molecule has 2 atom stereocenters. The molecule has 2 aliphatic rings. The average molecular weight is 197 g/mol. The van der Waals surface area contributed by atoms with Crippen molar-refractivity contribution in [2.24, 2.45) is 17.8 Å². The van der Waals surface area contributed by atoms with E-state index in [-0.39, 0.29) is 0 Å². The third kappa shape index (κ3) is 2.29. The summed E-state index contributed by atoms with van der Waals surface area (Å²) < 4.78 is 0. The lowest BCUT2D eigenvalue weighted by Crippen LogP contribution is -2.25. The Hall–Kier alpha value is -0.0800. The monoisotopic (exact) mass is 197 g/mol. The topological polar surface area (TPSA) is 32.3 Å². The lowest BCUT2D eigenvalue weighted by molar-refractivity contribution is 0.173. The minimum Gasteiger partial charge on any atom is -0.396 e. The third-order valence-corrected chi connectivity index (χ3v) is 4.17. The van der Waals surface area contributed by atoms with Crippen LogP contribution in [0, 0.1) is 17.8 Å². The number of hydrogen-bond donors (Lipinski definition) is 2. The zero-order valence-electron chi connectivity index (χ0n) is 9.04. The molecular formula is C12H23NO. The van der Waals surface area contributed by atoms with E-state index in [1.807, 2.05) is 0 Å². The fourth-order valence-corrected chi connectivity index (χ4v) is 3.43. The maximum Gasteiger partial charge on any atom is 0.0433 e. The maximum atomic E-state index is 9.14. The van der Waals surface area contributed by atoms with Crippen LogP contribution in [-0.4, -0.2) is 24.8 Å². The quantitative estimate of drug-likeness (QED) is 0.720. The Morgan fingerprint density at radius 3 is 2.50 bits per heavy atom. The Morgan fingerprint density at radius 1 is 1.14 bits per heavy atom. The second-order valence-corrected chi connectivity index (χ2v) is 4.97. The molecular weight excluding hydrogens is 174 g/mol. The summed E-state index contributed by atoms with van der Waals surface area (Å²) in [7, 11) is 0. The number of nitrogens with one attached hydrogen (secondary N) is 1. The van der Waals surface area contributed by atoms with Crippen molar-refractivity contribution in [2.45, 2.75) is 38.5 Å². The highest BCUT2D eigenvalue weighted by molar-refractivity contribution is 4.84. The van der Waals surface area contributed by atoms with E-state index in [1.54, 1.807) is 0 Å². The van der Waals surface area contributed by atoms with E-state index in [1.165, 1.54) is 45.2 Å². The number of hydrogen-bond acceptors (Lipinski definition) is 2. The van der Waals surface area contributed by atoms with Gasteiger partial charge in [-0.1, -0.05) is 25.7 Å². The van der Waals surface area contributed by atoms with Gasteiger partial charge in [0.25, 0.3) is 0 Å². The number of rotatable bonds is 4. The summed E-state index contributed by atoms with van der Waals surface area (Å²) in [6.45, 7) is 2.78. The summed E-state index contributed by atoms with van der Waals surface area (Å²) in [5.74, 6) is 2.58. The van der Waals surface area contributed by atoms with E-state index in [4.69, 9.17) is 5.11 Å². The van der Waals surface area contributed by atoms with E-state index in [0.717, 1.165) is 24.2 Å². The fraction of sp³-hybridized carbons (Fsp3) is 1.00. The molecule has 82 valence electrons. The molecule has 14 heavy (non-hydrogen) atoms. The van der Waals surface area contributed by atoms with Gasteiger partial charge in [-0.25, -0.2) is 0 Å². The smallest absolute Gasteiger partial charge is 0.0433 e. The number of aliphatic hydroxyl groups excluding tert-OH is 1. The van der Waals surface area contributed by atoms with Crippen LogP contribution >= 0.6 is 0 Å². The molecule has 2 nitrogen and oxygen atoms in total. The molecule has 0 radical (unpaired) electrons. The van der Waals surface area contributed by atoms with Gasteiger partial charge in [-0.2, -0.15) is 0 Å². The van der Waals surface area contributed by atoms with Crippen LogP contribution in [0.15, 0.2) is 0 Å². The van der Waals surface area contributed by atoms with Gasteiger partial charge in [-0.3, -0.25) is 0 Å². The first-order chi connectivity index (χ1) is 6.92. The van der Waals surface area contributed by atoms with Gasteiger partial charge in [0, 0.05) is 6.61 Å². The summed E-state index contributed by atoms with van der Waals surface area (Å²) in [6.07, 6.45) is 8.06. The van der Waals surface area contributed by atoms with Gasteiger partial charge >= 0.3 is 0 Å². The summed E-state index contributed by atoms with van der Waals surface area (Å²) in [4.78, 5) is 0. The van der Waals surface area contributed by atoms with Gasteiger partial charge in [0.2, 0.25) is 0 Å². The van der Waals surface area contributed by atoms with Crippen LogP contribution in [0.25, 0.3) is 0 Å². The standard InChI is InChI=1S/C12H23NO/c14-8-6-12(10-3-1-2-4-10)11-5-7-13-9-11/h10-14H,1-9H2. The molecule has 0 bridgehead atoms. The van der Waals surface area contributed by atoms with Crippen LogP contribution in [-0.2, 0) is 0 Å². The highest BCUT2D eigenvalue weighted by atomic mass is 16.3. The van der Waals surface area contributed by atoms with E-state index >= 15 is 0 Å². The van der Waals surface area contributed by atoms with E-state index < -0.39 is 0 Å². The Bertz CT molecular complexity index is 144. The maximum absolute atomic E-state index is 9.14. The zero-order valence-corrected chi connectivity index (χ0v) is 9.04. The van der Waals surface area contributed by atoms with Crippen molar-refractivity contribution in [2.75, 3.05) is 19.7 Å². The van der Waals surface area contributed by atoms with Crippen molar-refractivity contribution >= 4 is 0 Å². The fourth-order valence-electron chi connectivity index (χ4n) is 3.43. The highest BCUT2D eigenvalue weighted by Gasteiger charge is 2.32. The molecule has 0 spiro atoms. The summed E-state index contributed by atoms with van der Waals surface area (Å²) in [5.41, 5.74) is 0. The molecule has 2 unspecified atom stereocenters. The van der Waals surface area contributed by atoms with Gasteiger partial charge < -0.3 is 10.4 Å². The molecule has 2 N–H and O–H groups in total. The molecule has 0 amide bonds. The Morgan fingerprint density at radius 2 is 1.93 bits per heavy atom. The second kappa shape index (κ2) is 5.13. The Balaban J connectivity index is 1.91. The van der Waals surface area contributed by atoms with E-state index in [2.05, 4.69) is 5.32 Å². The van der Waals surface area contributed by atoms with Crippen LogP contribution in [0.5, 0.6) is 0 Å². The molecule has 1 saturated carbocycles. The molecule has 1 saturated heterocycles. The van der Waals surface area contributed by atoms with Crippen LogP contribution in [0.3, 0.4) is 0 Å². The molecule has 1 aliphatic heterocycles. The highest BCUT2D eigenvalue weighted by Crippen LogP contribution is 2.38. The van der Waals surface area contributed by atoms with Gasteiger partial charge in [-0.15, -0.1) is 0 Å². The Labute approximate surface area is 87.1 Å². The lowest BCUT2D eigenvalue weighted by atomic mass is 9.78. The van der Waals surface area contributed by atoms with Crippen LogP contribution in [0.1, 0.15) is 38.5 Å². The lowest BCUT2D eigenvalue weighted by Gasteiger charge is -2.28. The van der Waals surface area contributed by atoms with Crippen molar-refractivity contribution in [3.05, 3.63) is 0 Å². The van der Waals surface area contributed by atoms with Crippen LogP contribution in [0.4, 0.5) is 0 Å². The van der Waals surface area contributed by atoms with Crippen molar-refractivity contribution in [1.29, 1.82) is 0 Å². The van der Waals surface area contributed by atoms with Gasteiger partial charge in [0.1, 0.15) is 0 Å². The summed E-state index contributed by atoms with van der Waals surface area (Å²) in [6, 6.07) is 0. The predicted molar refractivity (Wildman–Crippen MR) is 58.1 cm³/mol. The third-order valence-electron chi connectivity index (χ3n) is 4.17. The van der Waals surface area contributed by atoms with Crippen molar-refractivity contribution in [3.8, 4) is 0 Å². The Kier molecular flexibility index (Phi) is 3.82. The summed E-state index contributed by atoms with van der Waals surface area (Å²) in [5, 5.41) is 12.6. The largest absolute Gasteiger partial charge is 0.396 e. The number of aliphatic hydroxyl groups is 1. The van der Waals surface area contributed by atoms with Crippen molar-refractivity contribution in [1.82, 2.24) is 5.32 Å². The normalized spacial score (nSPS) is 31.1. The minimum atomic E-state index is 0.387. The molecule has 2 rings (SSSR count). The first-order valence-corrected chi connectivity index (χ1v) is 6.23. The second-order valence-electron chi connectivity index (χ2n) is 4.97. The van der Waals surface area contributed by atoms with E-state index in [0.29, 0.717) is 6.61 Å². The van der Waals surface area contributed by atoms with Crippen molar-refractivity contribution in [3.63, 3.8) is 0 Å². The summed E-state index contributed by atoms with van der Waals surface area (Å²) >= 11 is 0. The van der Waals surface area contributed by atoms with Crippen LogP contribution < -0.4 is 5.32 Å². The first kappa shape index (κ1) is 10.4. The SMILES string of the molecule is OCCC(C1CCCC1)C1CCNC1. The molecule has 2 fully saturated rings. The predicted octanol–water partition coefficient (Wildman–Crippen LogP) is 1.78. The average Bonchev–Trinajstić information content (AvgIpc) is 2.87. The molecule has 1 aliphatic carbocycles. The first-order valence-electron chi connectivity index (χ1n) is 6.23. The molecule has 0 aromatic carbocycles. The van der Waals surface area contributed by atoms with Gasteiger partial charge in [-0.05, 0) is 43.7 Å². The molecule has 1 heterocycles. The molecule has 2 heteroatoms. The van der Waals surface area contributed by atoms with Gasteiger partial charge in [0.05, 0.1) is 0 Å². The zero-order chi connectivity index (χ0) is 9.80. The minimum absolute atomic E-state index is 0.387. The van der Waals surface area contributed by atoms with E-state index in [9.17, 15) is 0 Å².